The van der Waals surface area contributed by atoms with E-state index >= 15 is 0 Å². The summed E-state index contributed by atoms with van der Waals surface area (Å²) in [5.41, 5.74) is 0.980. The summed E-state index contributed by atoms with van der Waals surface area (Å²) in [6.45, 7) is 5.81. The zero-order valence-electron chi connectivity index (χ0n) is 18.5. The molecular weight excluding hydrogens is 447 g/mol. The Morgan fingerprint density at radius 2 is 2.00 bits per heavy atom. The van der Waals surface area contributed by atoms with Crippen molar-refractivity contribution in [2.75, 3.05) is 13.2 Å². The van der Waals surface area contributed by atoms with Crippen LogP contribution < -0.4 is 10.2 Å². The van der Waals surface area contributed by atoms with Crippen LogP contribution in [0.5, 0.6) is 5.75 Å². The van der Waals surface area contributed by atoms with E-state index in [1.807, 2.05) is 43.2 Å². The zero-order chi connectivity index (χ0) is 23.7. The van der Waals surface area contributed by atoms with Gasteiger partial charge < -0.3 is 9.47 Å². The highest BCUT2D eigenvalue weighted by Crippen LogP contribution is 2.26. The van der Waals surface area contributed by atoms with Crippen molar-refractivity contribution in [3.05, 3.63) is 46.0 Å². The van der Waals surface area contributed by atoms with Gasteiger partial charge in [0.1, 0.15) is 5.75 Å². The fourth-order valence-corrected chi connectivity index (χ4v) is 3.85. The van der Waals surface area contributed by atoms with Crippen LogP contribution >= 0.6 is 11.6 Å². The summed E-state index contributed by atoms with van der Waals surface area (Å²) in [6.07, 6.45) is -2.67. The van der Waals surface area contributed by atoms with Crippen LogP contribution in [-0.2, 0) is 23.7 Å². The lowest BCUT2D eigenvalue weighted by molar-refractivity contribution is -0.153. The monoisotopic (exact) mass is 473 g/mol. The van der Waals surface area contributed by atoms with Crippen LogP contribution in [0.15, 0.2) is 29.3 Å². The van der Waals surface area contributed by atoms with Gasteiger partial charge in [-0.1, -0.05) is 32.4 Å². The molecule has 0 N–H and O–H groups in total. The van der Waals surface area contributed by atoms with E-state index in [9.17, 15) is 18.0 Å². The van der Waals surface area contributed by atoms with Gasteiger partial charge in [-0.25, -0.2) is 0 Å². The highest BCUT2D eigenvalue weighted by molar-refractivity contribution is 6.31. The predicted octanol–water partition coefficient (Wildman–Crippen LogP) is 4.64. The first-order valence-electron chi connectivity index (χ1n) is 10.3. The standard InChI is InChI=1S/C22H27ClF3N3O3/c1-21(2,3)18-11-19(29(28(18)4)12-15-6-5-9-31-15)27-20(30)16-10-14(23)7-8-17(16)32-13-22(24,25)26/h7-8,10-11,15H,5-6,9,12-13H2,1-4H3/t15-/m1/s1. The molecule has 176 valence electrons. The molecule has 1 aliphatic rings. The minimum absolute atomic E-state index is 0.00215. The lowest BCUT2D eigenvalue weighted by Gasteiger charge is -2.21. The highest BCUT2D eigenvalue weighted by atomic mass is 35.5. The number of amides is 1. The van der Waals surface area contributed by atoms with E-state index in [-0.39, 0.29) is 27.9 Å². The van der Waals surface area contributed by atoms with Crippen molar-refractivity contribution in [2.45, 2.75) is 57.9 Å². The van der Waals surface area contributed by atoms with Crippen LogP contribution in [0, 0.1) is 0 Å². The van der Waals surface area contributed by atoms with Crippen molar-refractivity contribution in [2.24, 2.45) is 12.0 Å². The first-order chi connectivity index (χ1) is 14.8. The molecule has 1 fully saturated rings. The van der Waals surface area contributed by atoms with Gasteiger partial charge in [-0.15, -0.1) is 0 Å². The molecule has 0 bridgehead atoms. The lowest BCUT2D eigenvalue weighted by Crippen LogP contribution is -2.30. The summed E-state index contributed by atoms with van der Waals surface area (Å²) >= 11 is 5.99. The maximum atomic E-state index is 13.0. The number of ether oxygens (including phenoxy) is 2. The van der Waals surface area contributed by atoms with Crippen molar-refractivity contribution in [1.82, 2.24) is 9.36 Å². The average Bonchev–Trinajstić information content (AvgIpc) is 3.29. The van der Waals surface area contributed by atoms with E-state index in [1.54, 1.807) is 0 Å². The third-order valence-corrected chi connectivity index (χ3v) is 5.42. The quantitative estimate of drug-likeness (QED) is 0.635. The summed E-state index contributed by atoms with van der Waals surface area (Å²) < 4.78 is 52.3. The minimum Gasteiger partial charge on any atom is -0.483 e. The van der Waals surface area contributed by atoms with E-state index < -0.39 is 18.7 Å². The number of aromatic nitrogens is 2. The van der Waals surface area contributed by atoms with Crippen LogP contribution in [-0.4, -0.2) is 40.8 Å². The van der Waals surface area contributed by atoms with Gasteiger partial charge in [-0.2, -0.15) is 18.2 Å². The number of carbonyl (C=O) groups excluding carboxylic acids is 1. The Kier molecular flexibility index (Phi) is 7.09. The van der Waals surface area contributed by atoms with E-state index in [2.05, 4.69) is 4.99 Å². The molecule has 1 aromatic carbocycles. The van der Waals surface area contributed by atoms with Crippen LogP contribution in [0.4, 0.5) is 13.2 Å². The van der Waals surface area contributed by atoms with Crippen LogP contribution in [0.25, 0.3) is 0 Å². The average molecular weight is 474 g/mol. The van der Waals surface area contributed by atoms with Gasteiger partial charge in [0.05, 0.1) is 18.2 Å². The topological polar surface area (TPSA) is 57.8 Å². The SMILES string of the molecule is Cn1c(C(C)(C)C)cc(=NC(=O)c2cc(Cl)ccc2OCC(F)(F)F)n1C[C@H]1CCCO1. The highest BCUT2D eigenvalue weighted by Gasteiger charge is 2.29. The molecule has 0 aliphatic carbocycles. The molecule has 2 aromatic rings. The van der Waals surface area contributed by atoms with Crippen molar-refractivity contribution in [3.63, 3.8) is 0 Å². The number of rotatable bonds is 5. The Hall–Kier alpha value is -2.26. The van der Waals surface area contributed by atoms with E-state index in [4.69, 9.17) is 21.1 Å². The van der Waals surface area contributed by atoms with E-state index in [0.717, 1.165) is 18.5 Å². The van der Waals surface area contributed by atoms with Crippen molar-refractivity contribution >= 4 is 17.5 Å². The van der Waals surface area contributed by atoms with Gasteiger partial charge in [-0.05, 0) is 31.0 Å². The molecule has 0 radical (unpaired) electrons. The number of alkyl halides is 3. The fourth-order valence-electron chi connectivity index (χ4n) is 3.68. The van der Waals surface area contributed by atoms with Gasteiger partial charge in [0, 0.05) is 35.9 Å². The summed E-state index contributed by atoms with van der Waals surface area (Å²) in [7, 11) is 1.89. The first kappa shape index (κ1) is 24.4. The Morgan fingerprint density at radius 1 is 1.28 bits per heavy atom. The fraction of sp³-hybridized carbons (Fsp3) is 0.545. The van der Waals surface area contributed by atoms with Gasteiger partial charge in [0.2, 0.25) is 0 Å². The van der Waals surface area contributed by atoms with E-state index in [1.165, 1.54) is 18.2 Å². The molecule has 3 rings (SSSR count). The van der Waals surface area contributed by atoms with Crippen LogP contribution in [0.2, 0.25) is 5.02 Å². The minimum atomic E-state index is -4.54. The number of hydrogen-bond donors (Lipinski definition) is 0. The van der Waals surface area contributed by atoms with Gasteiger partial charge in [0.15, 0.2) is 12.1 Å². The molecule has 10 heteroatoms. The molecule has 0 unspecified atom stereocenters. The predicted molar refractivity (Wildman–Crippen MR) is 114 cm³/mol. The maximum Gasteiger partial charge on any atom is 0.422 e. The smallest absolute Gasteiger partial charge is 0.422 e. The second kappa shape index (κ2) is 9.31. The lowest BCUT2D eigenvalue weighted by atomic mass is 9.92. The molecule has 0 saturated carbocycles. The molecule has 2 heterocycles. The number of nitrogens with zero attached hydrogens (tertiary/aromatic N) is 3. The maximum absolute atomic E-state index is 13.0. The molecule has 32 heavy (non-hydrogen) atoms. The van der Waals surface area contributed by atoms with Crippen molar-refractivity contribution < 1.29 is 27.4 Å². The molecule has 1 atom stereocenters. The third kappa shape index (κ3) is 5.95. The van der Waals surface area contributed by atoms with Gasteiger partial charge in [-0.3, -0.25) is 14.2 Å². The molecule has 1 amide bonds. The van der Waals surface area contributed by atoms with Crippen molar-refractivity contribution in [3.8, 4) is 5.75 Å². The molecule has 1 aliphatic heterocycles. The number of hydrogen-bond acceptors (Lipinski definition) is 3. The molecular formula is C22H27ClF3N3O3. The Bertz CT molecular complexity index is 1050. The summed E-state index contributed by atoms with van der Waals surface area (Å²) in [5, 5.41) is 0.193. The zero-order valence-corrected chi connectivity index (χ0v) is 19.3. The largest absolute Gasteiger partial charge is 0.483 e. The molecule has 6 nitrogen and oxygen atoms in total. The number of carbonyl (C=O) groups is 1. The summed E-state index contributed by atoms with van der Waals surface area (Å²) in [4.78, 5) is 17.3. The second-order valence-corrected chi connectivity index (χ2v) is 9.28. The molecule has 1 saturated heterocycles. The van der Waals surface area contributed by atoms with Gasteiger partial charge >= 0.3 is 6.18 Å². The van der Waals surface area contributed by atoms with Gasteiger partial charge in [0.25, 0.3) is 5.91 Å². The summed E-state index contributed by atoms with van der Waals surface area (Å²) in [6, 6.07) is 5.68. The number of benzene rings is 1. The van der Waals surface area contributed by atoms with Crippen molar-refractivity contribution in [1.29, 1.82) is 0 Å². The van der Waals surface area contributed by atoms with Crippen LogP contribution in [0.1, 0.15) is 49.7 Å². The third-order valence-electron chi connectivity index (χ3n) is 5.19. The Morgan fingerprint density at radius 3 is 2.59 bits per heavy atom. The van der Waals surface area contributed by atoms with E-state index in [0.29, 0.717) is 18.6 Å². The molecule has 0 spiro atoms. The Balaban J connectivity index is 2.03. The Labute approximate surface area is 189 Å². The van der Waals surface area contributed by atoms with Crippen LogP contribution in [0.3, 0.4) is 0 Å². The first-order valence-corrected chi connectivity index (χ1v) is 10.7. The summed E-state index contributed by atoms with van der Waals surface area (Å²) in [5.74, 6) is -0.963. The molecule has 1 aromatic heterocycles. The second-order valence-electron chi connectivity index (χ2n) is 8.84. The normalized spacial score (nSPS) is 17.8. The number of halogens is 4.